The second kappa shape index (κ2) is 7.85. The molecule has 2 aromatic rings. The van der Waals surface area contributed by atoms with Gasteiger partial charge in [0.05, 0.1) is 18.2 Å². The van der Waals surface area contributed by atoms with E-state index in [1.165, 1.54) is 0 Å². The summed E-state index contributed by atoms with van der Waals surface area (Å²) in [5.74, 6) is 0.195. The van der Waals surface area contributed by atoms with Gasteiger partial charge in [0.2, 0.25) is 0 Å². The predicted molar refractivity (Wildman–Crippen MR) is 84.0 cm³/mol. The highest BCUT2D eigenvalue weighted by Gasteiger charge is 2.22. The Balaban J connectivity index is 2.14. The fourth-order valence-electron chi connectivity index (χ4n) is 2.03. The van der Waals surface area contributed by atoms with Gasteiger partial charge in [-0.3, -0.25) is 0 Å². The minimum absolute atomic E-state index is 0.162. The van der Waals surface area contributed by atoms with Crippen molar-refractivity contribution < 1.29 is 19.4 Å². The normalized spacial score (nSPS) is 11.3. The van der Waals surface area contributed by atoms with Crippen molar-refractivity contribution >= 4 is 5.97 Å². The van der Waals surface area contributed by atoms with E-state index in [2.05, 4.69) is 0 Å². The van der Waals surface area contributed by atoms with Crippen molar-refractivity contribution in [3.05, 3.63) is 59.7 Å². The molecule has 0 heterocycles. The molecule has 0 aliphatic heterocycles. The van der Waals surface area contributed by atoms with Crippen LogP contribution in [0.5, 0.6) is 11.5 Å². The predicted octanol–water partition coefficient (Wildman–Crippen LogP) is 2.82. The van der Waals surface area contributed by atoms with Gasteiger partial charge in [0.15, 0.2) is 6.10 Å². The lowest BCUT2D eigenvalue weighted by Gasteiger charge is -2.18. The molecule has 1 atom stereocenters. The lowest BCUT2D eigenvalue weighted by atomic mass is 10.1. The van der Waals surface area contributed by atoms with E-state index in [9.17, 15) is 9.90 Å². The number of phenolic OH excluding ortho intramolecular Hbond substituents is 1. The van der Waals surface area contributed by atoms with E-state index in [4.69, 9.17) is 14.7 Å². The molecule has 2 rings (SSSR count). The number of carbonyl (C=O) groups is 1. The maximum atomic E-state index is 12.1. The van der Waals surface area contributed by atoms with Gasteiger partial charge in [-0.05, 0) is 48.9 Å². The first kappa shape index (κ1) is 16.4. The Kier molecular flexibility index (Phi) is 5.59. The number of nitrogens with zero attached hydrogens (tertiary/aromatic N) is 1. The van der Waals surface area contributed by atoms with Crippen LogP contribution in [0.2, 0.25) is 0 Å². The monoisotopic (exact) mass is 311 g/mol. The van der Waals surface area contributed by atoms with Gasteiger partial charge in [0.25, 0.3) is 0 Å². The molecule has 2 aromatic carbocycles. The summed E-state index contributed by atoms with van der Waals surface area (Å²) in [6.07, 6.45) is -0.480. The highest BCUT2D eigenvalue weighted by atomic mass is 16.6. The molecular formula is C18H17NO4. The molecule has 23 heavy (non-hydrogen) atoms. The average molecular weight is 311 g/mol. The molecule has 0 spiro atoms. The van der Waals surface area contributed by atoms with Crippen LogP contribution in [0.4, 0.5) is 0 Å². The number of rotatable bonds is 6. The molecule has 5 nitrogen and oxygen atoms in total. The number of phenols is 1. The van der Waals surface area contributed by atoms with Crippen molar-refractivity contribution in [1.29, 1.82) is 5.26 Å². The van der Waals surface area contributed by atoms with Crippen LogP contribution in [-0.4, -0.2) is 23.8 Å². The number of aromatic hydroxyl groups is 1. The zero-order valence-electron chi connectivity index (χ0n) is 12.7. The highest BCUT2D eigenvalue weighted by molar-refractivity contribution is 5.75. The summed E-state index contributed by atoms with van der Waals surface area (Å²) in [4.78, 5) is 12.1. The van der Waals surface area contributed by atoms with Crippen molar-refractivity contribution in [3.8, 4) is 17.6 Å². The zero-order chi connectivity index (χ0) is 16.7. The van der Waals surface area contributed by atoms with Crippen molar-refractivity contribution in [2.24, 2.45) is 0 Å². The van der Waals surface area contributed by atoms with Gasteiger partial charge in [-0.2, -0.15) is 5.26 Å². The second-order valence-electron chi connectivity index (χ2n) is 4.87. The molecule has 0 aliphatic rings. The van der Waals surface area contributed by atoms with Gasteiger partial charge in [-0.1, -0.05) is 12.1 Å². The van der Waals surface area contributed by atoms with Crippen molar-refractivity contribution in [1.82, 2.24) is 0 Å². The third-order valence-corrected chi connectivity index (χ3v) is 3.17. The van der Waals surface area contributed by atoms with Gasteiger partial charge in [-0.15, -0.1) is 0 Å². The van der Waals surface area contributed by atoms with E-state index in [0.717, 1.165) is 5.56 Å². The molecule has 0 amide bonds. The first-order valence-corrected chi connectivity index (χ1v) is 7.23. The van der Waals surface area contributed by atoms with Crippen LogP contribution in [-0.2, 0) is 16.0 Å². The highest BCUT2D eigenvalue weighted by Crippen LogP contribution is 2.18. The summed E-state index contributed by atoms with van der Waals surface area (Å²) in [5.41, 5.74) is 1.36. The SMILES string of the molecule is CCOC(=O)C(Cc1ccc(O)cc1)Oc1ccc(C#N)cc1. The smallest absolute Gasteiger partial charge is 0.347 e. The molecular weight excluding hydrogens is 294 g/mol. The first-order valence-electron chi connectivity index (χ1n) is 7.23. The largest absolute Gasteiger partial charge is 0.508 e. The van der Waals surface area contributed by atoms with E-state index in [1.807, 2.05) is 6.07 Å². The molecule has 1 unspecified atom stereocenters. The Bertz CT molecular complexity index is 686. The fourth-order valence-corrected chi connectivity index (χ4v) is 2.03. The summed E-state index contributed by atoms with van der Waals surface area (Å²) in [5, 5.41) is 18.1. The quantitative estimate of drug-likeness (QED) is 0.830. The molecule has 0 saturated carbocycles. The summed E-state index contributed by atoms with van der Waals surface area (Å²) >= 11 is 0. The molecule has 0 aliphatic carbocycles. The summed E-state index contributed by atoms with van der Waals surface area (Å²) in [6, 6.07) is 15.1. The summed E-state index contributed by atoms with van der Waals surface area (Å²) in [7, 11) is 0. The van der Waals surface area contributed by atoms with Crippen molar-refractivity contribution in [2.75, 3.05) is 6.61 Å². The van der Waals surface area contributed by atoms with E-state index < -0.39 is 12.1 Å². The maximum Gasteiger partial charge on any atom is 0.347 e. The van der Waals surface area contributed by atoms with E-state index in [1.54, 1.807) is 55.5 Å². The van der Waals surface area contributed by atoms with Crippen LogP contribution in [0.3, 0.4) is 0 Å². The fraction of sp³-hybridized carbons (Fsp3) is 0.222. The standard InChI is InChI=1S/C18H17NO4/c1-2-22-18(21)17(11-13-3-7-15(20)8-4-13)23-16-9-5-14(12-19)6-10-16/h3-10,17,20H,2,11H2,1H3. The Hall–Kier alpha value is -3.00. The Labute approximate surface area is 134 Å². The first-order chi connectivity index (χ1) is 11.1. The van der Waals surface area contributed by atoms with Gasteiger partial charge >= 0.3 is 5.97 Å². The lowest BCUT2D eigenvalue weighted by molar-refractivity contribution is -0.151. The van der Waals surface area contributed by atoms with Crippen LogP contribution in [0.25, 0.3) is 0 Å². The summed E-state index contributed by atoms with van der Waals surface area (Å²) in [6.45, 7) is 2.00. The van der Waals surface area contributed by atoms with Gasteiger partial charge in [0, 0.05) is 6.42 Å². The van der Waals surface area contributed by atoms with E-state index in [0.29, 0.717) is 17.7 Å². The van der Waals surface area contributed by atoms with Gasteiger partial charge in [-0.25, -0.2) is 4.79 Å². The number of hydrogen-bond acceptors (Lipinski definition) is 5. The molecule has 0 aromatic heterocycles. The minimum atomic E-state index is -0.799. The summed E-state index contributed by atoms with van der Waals surface area (Å²) < 4.78 is 10.8. The Morgan fingerprint density at radius 1 is 1.17 bits per heavy atom. The van der Waals surface area contributed by atoms with Crippen LogP contribution in [0, 0.1) is 11.3 Å². The van der Waals surface area contributed by atoms with Crippen molar-refractivity contribution in [3.63, 3.8) is 0 Å². The third-order valence-electron chi connectivity index (χ3n) is 3.17. The Morgan fingerprint density at radius 2 is 1.83 bits per heavy atom. The Morgan fingerprint density at radius 3 is 2.39 bits per heavy atom. The maximum absolute atomic E-state index is 12.1. The molecule has 0 bridgehead atoms. The second-order valence-corrected chi connectivity index (χ2v) is 4.87. The molecule has 0 fully saturated rings. The topological polar surface area (TPSA) is 79.6 Å². The van der Waals surface area contributed by atoms with Crippen LogP contribution in [0.15, 0.2) is 48.5 Å². The number of esters is 1. The third kappa shape index (κ3) is 4.75. The number of carbonyl (C=O) groups excluding carboxylic acids is 1. The van der Waals surface area contributed by atoms with Crippen LogP contribution >= 0.6 is 0 Å². The lowest BCUT2D eigenvalue weighted by Crippen LogP contribution is -2.31. The number of ether oxygens (including phenoxy) is 2. The molecule has 1 N–H and O–H groups in total. The number of benzene rings is 2. The molecule has 118 valence electrons. The molecule has 0 saturated heterocycles. The average Bonchev–Trinajstić information content (AvgIpc) is 2.57. The van der Waals surface area contributed by atoms with E-state index >= 15 is 0 Å². The van der Waals surface area contributed by atoms with Gasteiger partial charge in [0.1, 0.15) is 11.5 Å². The minimum Gasteiger partial charge on any atom is -0.508 e. The van der Waals surface area contributed by atoms with Crippen LogP contribution in [0.1, 0.15) is 18.1 Å². The molecule has 5 heteroatoms. The number of hydrogen-bond donors (Lipinski definition) is 1. The van der Waals surface area contributed by atoms with Crippen molar-refractivity contribution in [2.45, 2.75) is 19.4 Å². The molecule has 0 radical (unpaired) electrons. The van der Waals surface area contributed by atoms with E-state index in [-0.39, 0.29) is 12.4 Å². The van der Waals surface area contributed by atoms with Gasteiger partial charge < -0.3 is 14.6 Å². The van der Waals surface area contributed by atoms with Crippen LogP contribution < -0.4 is 4.74 Å². The zero-order valence-corrected chi connectivity index (χ0v) is 12.7. The number of nitriles is 1.